The fourth-order valence-electron chi connectivity index (χ4n) is 1.14. The van der Waals surface area contributed by atoms with Crippen LogP contribution in [0, 0.1) is 0 Å². The van der Waals surface area contributed by atoms with E-state index >= 15 is 0 Å². The summed E-state index contributed by atoms with van der Waals surface area (Å²) in [4.78, 5) is 12.4. The van der Waals surface area contributed by atoms with Crippen molar-refractivity contribution in [1.82, 2.24) is 5.32 Å². The van der Waals surface area contributed by atoms with Crippen molar-refractivity contribution in [2.75, 3.05) is 6.54 Å². The van der Waals surface area contributed by atoms with E-state index < -0.39 is 0 Å². The van der Waals surface area contributed by atoms with Crippen molar-refractivity contribution >= 4 is 34.5 Å². The van der Waals surface area contributed by atoms with E-state index in [9.17, 15) is 4.79 Å². The second-order valence-corrected chi connectivity index (χ2v) is 5.05. The number of allylic oxidation sites excluding steroid dienone is 1. The molecule has 0 saturated carbocycles. The van der Waals surface area contributed by atoms with Crippen LogP contribution in [0.5, 0.6) is 0 Å². The molecule has 1 aromatic rings. The summed E-state index contributed by atoms with van der Waals surface area (Å²) in [6, 6.07) is 5.39. The van der Waals surface area contributed by atoms with Gasteiger partial charge in [-0.25, -0.2) is 0 Å². The average molecular weight is 300 g/mol. The van der Waals surface area contributed by atoms with Crippen molar-refractivity contribution in [3.63, 3.8) is 0 Å². The van der Waals surface area contributed by atoms with E-state index in [2.05, 4.69) is 33.9 Å². The second kappa shape index (κ2) is 6.11. The van der Waals surface area contributed by atoms with Gasteiger partial charge in [0.25, 0.3) is 5.91 Å². The van der Waals surface area contributed by atoms with Gasteiger partial charge in [-0.3, -0.25) is 4.79 Å². The normalized spacial score (nSPS) is 9.75. The van der Waals surface area contributed by atoms with Gasteiger partial charge in [0.05, 0.1) is 5.56 Å². The van der Waals surface area contributed by atoms with E-state index in [4.69, 9.17) is 0 Å². The summed E-state index contributed by atoms with van der Waals surface area (Å²) in [6.45, 7) is 4.54. The van der Waals surface area contributed by atoms with Crippen molar-refractivity contribution in [3.05, 3.63) is 39.9 Å². The van der Waals surface area contributed by atoms with Gasteiger partial charge in [0.1, 0.15) is 0 Å². The highest BCUT2D eigenvalue weighted by molar-refractivity contribution is 9.10. The fourth-order valence-corrected chi connectivity index (χ4v) is 1.99. The predicted molar refractivity (Wildman–Crippen MR) is 73.2 cm³/mol. The molecular weight excluding hydrogens is 286 g/mol. The Morgan fingerprint density at radius 1 is 1.50 bits per heavy atom. The molecule has 2 nitrogen and oxygen atoms in total. The summed E-state index contributed by atoms with van der Waals surface area (Å²) >= 11 is 7.59. The van der Waals surface area contributed by atoms with E-state index in [0.717, 1.165) is 4.47 Å². The van der Waals surface area contributed by atoms with Crippen LogP contribution < -0.4 is 5.32 Å². The van der Waals surface area contributed by atoms with Gasteiger partial charge in [0, 0.05) is 15.9 Å². The highest BCUT2D eigenvalue weighted by Crippen LogP contribution is 2.19. The van der Waals surface area contributed by atoms with E-state index in [1.165, 1.54) is 5.57 Å². The maximum atomic E-state index is 11.8. The van der Waals surface area contributed by atoms with Gasteiger partial charge >= 0.3 is 0 Å². The zero-order chi connectivity index (χ0) is 12.1. The van der Waals surface area contributed by atoms with Crippen LogP contribution in [0.25, 0.3) is 0 Å². The van der Waals surface area contributed by atoms with Crippen LogP contribution in [0.1, 0.15) is 24.2 Å². The molecule has 0 aromatic heterocycles. The molecular formula is C12H14BrNOS. The van der Waals surface area contributed by atoms with Crippen LogP contribution in [-0.2, 0) is 0 Å². The van der Waals surface area contributed by atoms with Crippen molar-refractivity contribution in [3.8, 4) is 0 Å². The molecule has 0 aliphatic rings. The molecule has 0 saturated heterocycles. The van der Waals surface area contributed by atoms with Gasteiger partial charge in [0.15, 0.2) is 0 Å². The van der Waals surface area contributed by atoms with E-state index in [1.807, 2.05) is 26.0 Å². The number of hydrogen-bond donors (Lipinski definition) is 2. The third kappa shape index (κ3) is 4.02. The number of benzene rings is 1. The first-order valence-electron chi connectivity index (χ1n) is 4.91. The van der Waals surface area contributed by atoms with Crippen molar-refractivity contribution in [2.24, 2.45) is 0 Å². The molecule has 1 amide bonds. The van der Waals surface area contributed by atoms with Gasteiger partial charge in [-0.15, -0.1) is 12.6 Å². The van der Waals surface area contributed by atoms with Crippen LogP contribution >= 0.6 is 28.6 Å². The maximum absolute atomic E-state index is 11.8. The molecule has 0 atom stereocenters. The zero-order valence-corrected chi connectivity index (χ0v) is 11.7. The van der Waals surface area contributed by atoms with Gasteiger partial charge in [-0.05, 0) is 32.0 Å². The first kappa shape index (κ1) is 13.3. The Kier molecular flexibility index (Phi) is 5.09. The molecule has 16 heavy (non-hydrogen) atoms. The Hall–Kier alpha value is -0.740. The molecule has 0 bridgehead atoms. The van der Waals surface area contributed by atoms with Crippen LogP contribution in [0.15, 0.2) is 39.2 Å². The monoisotopic (exact) mass is 299 g/mol. The molecule has 1 aromatic carbocycles. The number of carbonyl (C=O) groups excluding carboxylic acids is 1. The Labute approximate surface area is 110 Å². The minimum absolute atomic E-state index is 0.102. The number of hydrogen-bond acceptors (Lipinski definition) is 2. The zero-order valence-electron chi connectivity index (χ0n) is 9.25. The van der Waals surface area contributed by atoms with Gasteiger partial charge < -0.3 is 5.32 Å². The van der Waals surface area contributed by atoms with E-state index in [1.54, 1.807) is 12.1 Å². The summed E-state index contributed by atoms with van der Waals surface area (Å²) in [5.74, 6) is -0.102. The second-order valence-electron chi connectivity index (χ2n) is 3.65. The molecule has 86 valence electrons. The number of halogens is 1. The largest absolute Gasteiger partial charge is 0.349 e. The topological polar surface area (TPSA) is 29.1 Å². The molecule has 0 heterocycles. The number of carbonyl (C=O) groups is 1. The molecule has 0 spiro atoms. The van der Waals surface area contributed by atoms with Crippen molar-refractivity contribution < 1.29 is 4.79 Å². The lowest BCUT2D eigenvalue weighted by Gasteiger charge is -2.05. The summed E-state index contributed by atoms with van der Waals surface area (Å²) < 4.78 is 0.915. The summed E-state index contributed by atoms with van der Waals surface area (Å²) in [7, 11) is 0. The fraction of sp³-hybridized carbons (Fsp3) is 0.250. The Morgan fingerprint density at radius 3 is 2.75 bits per heavy atom. The van der Waals surface area contributed by atoms with Crippen molar-refractivity contribution in [2.45, 2.75) is 18.7 Å². The van der Waals surface area contributed by atoms with Crippen molar-refractivity contribution in [1.29, 1.82) is 0 Å². The molecule has 0 aliphatic heterocycles. The number of thiol groups is 1. The number of nitrogens with one attached hydrogen (secondary N) is 1. The smallest absolute Gasteiger partial charge is 0.252 e. The minimum atomic E-state index is -0.102. The Morgan fingerprint density at radius 2 is 2.19 bits per heavy atom. The predicted octanol–water partition coefficient (Wildman–Crippen LogP) is 3.43. The first-order chi connectivity index (χ1) is 7.50. The van der Waals surface area contributed by atoms with Gasteiger partial charge in [-0.1, -0.05) is 27.6 Å². The number of rotatable bonds is 3. The lowest BCUT2D eigenvalue weighted by atomic mass is 10.2. The Bertz CT molecular complexity index is 425. The maximum Gasteiger partial charge on any atom is 0.252 e. The van der Waals surface area contributed by atoms with Crippen LogP contribution in [0.3, 0.4) is 0 Å². The third-order valence-corrected chi connectivity index (χ3v) is 2.84. The van der Waals surface area contributed by atoms with Crippen LogP contribution in [-0.4, -0.2) is 12.5 Å². The SMILES string of the molecule is CC(C)=CCNC(=O)c1ccc(Br)cc1S. The number of amides is 1. The average Bonchev–Trinajstić information content (AvgIpc) is 2.16. The Balaban J connectivity index is 2.70. The quantitative estimate of drug-likeness (QED) is 0.650. The van der Waals surface area contributed by atoms with E-state index in [0.29, 0.717) is 17.0 Å². The third-order valence-electron chi connectivity index (χ3n) is 1.98. The van der Waals surface area contributed by atoms with E-state index in [-0.39, 0.29) is 5.91 Å². The standard InChI is InChI=1S/C12H14BrNOS/c1-8(2)5-6-14-12(15)10-4-3-9(13)7-11(10)16/h3-5,7,16H,6H2,1-2H3,(H,14,15). The molecule has 1 N–H and O–H groups in total. The molecule has 0 radical (unpaired) electrons. The summed E-state index contributed by atoms with van der Waals surface area (Å²) in [5.41, 5.74) is 1.77. The molecule has 4 heteroatoms. The molecule has 0 fully saturated rings. The lowest BCUT2D eigenvalue weighted by molar-refractivity contribution is 0.0955. The van der Waals surface area contributed by atoms with Crippen LogP contribution in [0.2, 0.25) is 0 Å². The van der Waals surface area contributed by atoms with Crippen LogP contribution in [0.4, 0.5) is 0 Å². The molecule has 0 aliphatic carbocycles. The highest BCUT2D eigenvalue weighted by atomic mass is 79.9. The molecule has 0 unspecified atom stereocenters. The summed E-state index contributed by atoms with van der Waals surface area (Å²) in [5, 5.41) is 2.81. The van der Waals surface area contributed by atoms with Gasteiger partial charge in [-0.2, -0.15) is 0 Å². The lowest BCUT2D eigenvalue weighted by Crippen LogP contribution is -2.23. The first-order valence-corrected chi connectivity index (χ1v) is 6.15. The summed E-state index contributed by atoms with van der Waals surface area (Å²) in [6.07, 6.45) is 1.97. The highest BCUT2D eigenvalue weighted by Gasteiger charge is 2.08. The minimum Gasteiger partial charge on any atom is -0.349 e. The molecule has 1 rings (SSSR count). The van der Waals surface area contributed by atoms with Gasteiger partial charge in [0.2, 0.25) is 0 Å².